The minimum absolute atomic E-state index is 0.0427. The van der Waals surface area contributed by atoms with E-state index in [-0.39, 0.29) is 24.7 Å². The molecule has 0 aromatic heterocycles. The van der Waals surface area contributed by atoms with Crippen molar-refractivity contribution in [3.63, 3.8) is 0 Å². The van der Waals surface area contributed by atoms with Gasteiger partial charge < -0.3 is 19.9 Å². The number of benzene rings is 1. The summed E-state index contributed by atoms with van der Waals surface area (Å²) in [5, 5.41) is 9.57. The zero-order valence-corrected chi connectivity index (χ0v) is 16.3. The Morgan fingerprint density at radius 3 is 2.69 bits per heavy atom. The van der Waals surface area contributed by atoms with Crippen molar-refractivity contribution in [3.8, 4) is 6.07 Å². The van der Waals surface area contributed by atoms with Gasteiger partial charge in [0, 0.05) is 18.0 Å². The number of alkyl halides is 1. The Balaban J connectivity index is 2.80. The maximum Gasteiger partial charge on any atom is 0.351 e. The van der Waals surface area contributed by atoms with Gasteiger partial charge in [-0.2, -0.15) is 5.26 Å². The van der Waals surface area contributed by atoms with Gasteiger partial charge in [0.1, 0.15) is 11.6 Å². The molecule has 140 valence electrons. The third kappa shape index (κ3) is 3.17. The summed E-state index contributed by atoms with van der Waals surface area (Å²) in [6.07, 6.45) is 0. The molecule has 3 atom stereocenters. The quantitative estimate of drug-likeness (QED) is 0.725. The average molecular weight is 427 g/mol. The Morgan fingerprint density at radius 1 is 1.46 bits per heavy atom. The largest absolute Gasteiger partial charge is 0.463 e. The predicted molar refractivity (Wildman–Crippen MR) is 95.3 cm³/mol. The number of ether oxygens (including phenoxy) is 3. The molecule has 1 aliphatic heterocycles. The van der Waals surface area contributed by atoms with Crippen LogP contribution in [-0.2, 0) is 19.0 Å². The third-order valence-corrected chi connectivity index (χ3v) is 4.71. The number of carbonyl (C=O) groups excluding carboxylic acids is 1. The first kappa shape index (κ1) is 20.2. The van der Waals surface area contributed by atoms with Gasteiger partial charge in [0.25, 0.3) is 11.5 Å². The topological polar surface area (TPSA) is 94.6 Å². The molecule has 0 radical (unpaired) electrons. The van der Waals surface area contributed by atoms with Crippen molar-refractivity contribution in [1.82, 2.24) is 0 Å². The van der Waals surface area contributed by atoms with E-state index in [1.807, 2.05) is 6.07 Å². The maximum absolute atomic E-state index is 16.5. The Kier molecular flexibility index (Phi) is 5.94. The van der Waals surface area contributed by atoms with Crippen LogP contribution in [0.4, 0.5) is 4.39 Å². The molecular weight excluding hydrogens is 407 g/mol. The van der Waals surface area contributed by atoms with Gasteiger partial charge in [-0.3, -0.25) is 0 Å². The van der Waals surface area contributed by atoms with E-state index in [1.165, 1.54) is 6.92 Å². The second-order valence-corrected chi connectivity index (χ2v) is 6.71. The Hall–Kier alpha value is -2.11. The summed E-state index contributed by atoms with van der Waals surface area (Å²) in [7, 11) is 0. The number of hydrogen-bond donors (Lipinski definition) is 1. The first-order valence-electron chi connectivity index (χ1n) is 8.09. The lowest BCUT2D eigenvalue weighted by atomic mass is 9.72. The molecule has 2 N–H and O–H groups in total. The van der Waals surface area contributed by atoms with E-state index in [9.17, 15) is 10.1 Å². The summed E-state index contributed by atoms with van der Waals surface area (Å²) < 4.78 is 33.0. The summed E-state index contributed by atoms with van der Waals surface area (Å²) in [6.45, 7) is 4.49. The van der Waals surface area contributed by atoms with E-state index in [0.717, 1.165) is 0 Å². The maximum atomic E-state index is 16.5. The van der Waals surface area contributed by atoms with E-state index in [2.05, 4.69) is 15.9 Å². The van der Waals surface area contributed by atoms with E-state index < -0.39 is 23.3 Å². The number of nitrogens with zero attached hydrogens (tertiary/aromatic N) is 1. The molecule has 0 aliphatic carbocycles. The highest BCUT2D eigenvalue weighted by molar-refractivity contribution is 9.10. The van der Waals surface area contributed by atoms with Crippen LogP contribution in [0.2, 0.25) is 0 Å². The van der Waals surface area contributed by atoms with Crippen LogP contribution in [0.1, 0.15) is 32.3 Å². The number of carbonyl (C=O) groups is 1. The molecule has 1 heterocycles. The van der Waals surface area contributed by atoms with Gasteiger partial charge in [-0.25, -0.2) is 9.18 Å². The normalized spacial score (nSPS) is 28.2. The number of allylic oxidation sites excluding steroid dienone is 1. The second-order valence-electron chi connectivity index (χ2n) is 5.79. The van der Waals surface area contributed by atoms with Crippen molar-refractivity contribution < 1.29 is 23.4 Å². The third-order valence-electron chi connectivity index (χ3n) is 4.21. The van der Waals surface area contributed by atoms with Crippen LogP contribution in [0.15, 0.2) is 40.2 Å². The molecule has 0 bridgehead atoms. The van der Waals surface area contributed by atoms with Crippen molar-refractivity contribution in [1.29, 1.82) is 5.26 Å². The van der Waals surface area contributed by atoms with Crippen molar-refractivity contribution in [2.24, 2.45) is 5.73 Å². The lowest BCUT2D eigenvalue weighted by molar-refractivity contribution is -0.285. The average Bonchev–Trinajstić information content (AvgIpc) is 2.58. The van der Waals surface area contributed by atoms with Gasteiger partial charge in [-0.05, 0) is 31.5 Å². The molecule has 1 aromatic rings. The number of esters is 1. The van der Waals surface area contributed by atoms with Crippen molar-refractivity contribution in [2.75, 3.05) is 13.2 Å². The predicted octanol–water partition coefficient (Wildman–Crippen LogP) is 3.28. The van der Waals surface area contributed by atoms with Gasteiger partial charge in [0.15, 0.2) is 0 Å². The first-order chi connectivity index (χ1) is 12.2. The van der Waals surface area contributed by atoms with Crippen molar-refractivity contribution in [3.05, 3.63) is 45.8 Å². The zero-order valence-electron chi connectivity index (χ0n) is 14.7. The molecule has 8 heteroatoms. The van der Waals surface area contributed by atoms with Crippen molar-refractivity contribution in [2.45, 2.75) is 38.1 Å². The molecule has 1 aromatic carbocycles. The fraction of sp³-hybridized carbons (Fsp3) is 0.444. The minimum Gasteiger partial charge on any atom is -0.463 e. The molecule has 2 rings (SSSR count). The van der Waals surface area contributed by atoms with Gasteiger partial charge in [-0.15, -0.1) is 0 Å². The molecule has 0 unspecified atom stereocenters. The monoisotopic (exact) mass is 426 g/mol. The van der Waals surface area contributed by atoms with E-state index in [0.29, 0.717) is 10.0 Å². The van der Waals surface area contributed by atoms with E-state index >= 15 is 4.39 Å². The highest BCUT2D eigenvalue weighted by atomic mass is 79.9. The molecule has 0 fully saturated rings. The summed E-state index contributed by atoms with van der Waals surface area (Å²) in [6, 6.07) is 8.49. The van der Waals surface area contributed by atoms with E-state index in [4.69, 9.17) is 19.9 Å². The fourth-order valence-electron chi connectivity index (χ4n) is 3.09. The first-order valence-corrected chi connectivity index (χ1v) is 8.88. The fourth-order valence-corrected chi connectivity index (χ4v) is 3.51. The molecule has 0 amide bonds. The van der Waals surface area contributed by atoms with Crippen LogP contribution in [-0.4, -0.2) is 30.6 Å². The van der Waals surface area contributed by atoms with Crippen LogP contribution < -0.4 is 5.73 Å². The van der Waals surface area contributed by atoms with Crippen LogP contribution in [0.3, 0.4) is 0 Å². The molecule has 0 saturated carbocycles. The van der Waals surface area contributed by atoms with Crippen molar-refractivity contribution >= 4 is 21.9 Å². The van der Waals surface area contributed by atoms with Crippen LogP contribution in [0, 0.1) is 11.3 Å². The summed E-state index contributed by atoms with van der Waals surface area (Å²) in [5.74, 6) is -4.88. The van der Waals surface area contributed by atoms with Crippen LogP contribution in [0.25, 0.3) is 0 Å². The minimum atomic E-state index is -2.83. The smallest absolute Gasteiger partial charge is 0.351 e. The standard InChI is InChI=1S/C18H20BrFN2O4/c1-4-24-16(23)18(20)14(11-7-6-8-12(19)9-11)13(10-21)15(22)26-17(18,3)25-5-2/h6-9,14H,4-5,22H2,1-3H3/t14-,17-,18+/m1/s1. The highest BCUT2D eigenvalue weighted by Gasteiger charge is 2.68. The van der Waals surface area contributed by atoms with Gasteiger partial charge in [0.2, 0.25) is 5.88 Å². The number of hydrogen-bond acceptors (Lipinski definition) is 6. The lowest BCUT2D eigenvalue weighted by Crippen LogP contribution is -2.64. The van der Waals surface area contributed by atoms with Gasteiger partial charge >= 0.3 is 5.97 Å². The van der Waals surface area contributed by atoms with Gasteiger partial charge in [-0.1, -0.05) is 28.1 Å². The lowest BCUT2D eigenvalue weighted by Gasteiger charge is -2.47. The molecule has 26 heavy (non-hydrogen) atoms. The Bertz CT molecular complexity index is 779. The summed E-state index contributed by atoms with van der Waals surface area (Å²) in [5.41, 5.74) is 3.22. The number of nitrogens with two attached hydrogens (primary N) is 1. The summed E-state index contributed by atoms with van der Waals surface area (Å²) in [4.78, 5) is 12.7. The Labute approximate surface area is 159 Å². The molecule has 6 nitrogen and oxygen atoms in total. The van der Waals surface area contributed by atoms with Crippen LogP contribution in [0.5, 0.6) is 0 Å². The summed E-state index contributed by atoms with van der Waals surface area (Å²) >= 11 is 3.32. The number of rotatable bonds is 5. The number of nitriles is 1. The number of halogens is 2. The second kappa shape index (κ2) is 7.64. The molecular formula is C18H20BrFN2O4. The molecule has 1 aliphatic rings. The molecule has 0 spiro atoms. The van der Waals surface area contributed by atoms with Gasteiger partial charge in [0.05, 0.1) is 12.5 Å². The zero-order chi connectivity index (χ0) is 19.5. The van der Waals surface area contributed by atoms with Crippen LogP contribution >= 0.6 is 15.9 Å². The SMILES string of the molecule is CCOC(=O)[C@@]1(F)[C@H](c2cccc(Br)c2)C(C#N)=C(N)O[C@@]1(C)OCC. The molecule has 0 saturated heterocycles. The van der Waals surface area contributed by atoms with E-state index in [1.54, 1.807) is 38.1 Å². The highest BCUT2D eigenvalue weighted by Crippen LogP contribution is 2.52. The Morgan fingerprint density at radius 2 is 2.15 bits per heavy atom.